The number of hydrogen-bond acceptors (Lipinski definition) is 2. The first-order valence-corrected chi connectivity index (χ1v) is 7.46. The lowest BCUT2D eigenvalue weighted by molar-refractivity contribution is -0.137. The summed E-state index contributed by atoms with van der Waals surface area (Å²) in [5, 5.41) is 3.73. The first kappa shape index (κ1) is 13.1. The van der Waals surface area contributed by atoms with Crippen molar-refractivity contribution in [3.8, 4) is 0 Å². The van der Waals surface area contributed by atoms with Crippen molar-refractivity contribution in [2.75, 3.05) is 6.54 Å². The van der Waals surface area contributed by atoms with Crippen molar-refractivity contribution in [1.29, 1.82) is 0 Å². The van der Waals surface area contributed by atoms with Crippen LogP contribution in [-0.4, -0.2) is 18.2 Å². The third-order valence-electron chi connectivity index (χ3n) is 4.99. The summed E-state index contributed by atoms with van der Waals surface area (Å²) in [7, 11) is 0. The molecule has 104 valence electrons. The van der Waals surface area contributed by atoms with Gasteiger partial charge in [-0.25, -0.2) is 0 Å². The average molecular weight is 259 g/mol. The van der Waals surface area contributed by atoms with Gasteiger partial charge in [0.05, 0.1) is 11.7 Å². The van der Waals surface area contributed by atoms with Gasteiger partial charge in [0, 0.05) is 12.6 Å². The van der Waals surface area contributed by atoms with E-state index in [0.29, 0.717) is 6.04 Å². The van der Waals surface area contributed by atoms with Crippen molar-refractivity contribution in [3.63, 3.8) is 0 Å². The summed E-state index contributed by atoms with van der Waals surface area (Å²) >= 11 is 0. The molecule has 0 aromatic heterocycles. The molecular formula is C17H25NO. The molecule has 1 fully saturated rings. The minimum atomic E-state index is -0.0320. The molecule has 0 radical (unpaired) electrons. The molecule has 0 amide bonds. The second kappa shape index (κ2) is 4.32. The minimum Gasteiger partial charge on any atom is -0.364 e. The molecule has 1 aromatic rings. The Hall–Kier alpha value is -0.860. The van der Waals surface area contributed by atoms with Crippen molar-refractivity contribution in [1.82, 2.24) is 5.32 Å². The molecule has 1 N–H and O–H groups in total. The molecule has 1 saturated heterocycles. The van der Waals surface area contributed by atoms with Gasteiger partial charge in [0.25, 0.3) is 0 Å². The van der Waals surface area contributed by atoms with Gasteiger partial charge >= 0.3 is 0 Å². The SMILES string of the molecule is CCC1(C)CNC2CC(C)(C)c3ccccc3C2O1. The lowest BCUT2D eigenvalue weighted by Crippen LogP contribution is -2.57. The molecule has 3 rings (SSSR count). The Labute approximate surface area is 116 Å². The van der Waals surface area contributed by atoms with E-state index in [2.05, 4.69) is 57.3 Å². The van der Waals surface area contributed by atoms with Crippen LogP contribution in [0.1, 0.15) is 57.8 Å². The van der Waals surface area contributed by atoms with Crippen molar-refractivity contribution in [3.05, 3.63) is 35.4 Å². The monoisotopic (exact) mass is 259 g/mol. The largest absolute Gasteiger partial charge is 0.364 e. The number of rotatable bonds is 1. The summed E-state index contributed by atoms with van der Waals surface area (Å²) in [6, 6.07) is 9.25. The average Bonchev–Trinajstić information content (AvgIpc) is 2.40. The highest BCUT2D eigenvalue weighted by Crippen LogP contribution is 2.46. The molecular weight excluding hydrogens is 234 g/mol. The molecule has 1 aliphatic carbocycles. The fourth-order valence-corrected chi connectivity index (χ4v) is 3.57. The lowest BCUT2D eigenvalue weighted by atomic mass is 9.69. The van der Waals surface area contributed by atoms with Crippen molar-refractivity contribution >= 4 is 0 Å². The quantitative estimate of drug-likeness (QED) is 0.832. The van der Waals surface area contributed by atoms with E-state index in [0.717, 1.165) is 19.4 Å². The van der Waals surface area contributed by atoms with Crippen molar-refractivity contribution in [2.24, 2.45) is 0 Å². The standard InChI is InChI=1S/C17H25NO/c1-5-17(4)11-18-14-10-16(2,3)13-9-7-6-8-12(13)15(14)19-17/h6-9,14-15,18H,5,10-11H2,1-4H3. The third kappa shape index (κ3) is 2.11. The zero-order chi connectivity index (χ0) is 13.7. The topological polar surface area (TPSA) is 21.3 Å². The van der Waals surface area contributed by atoms with Gasteiger partial charge in [0.15, 0.2) is 0 Å². The molecule has 0 bridgehead atoms. The highest BCUT2D eigenvalue weighted by atomic mass is 16.5. The van der Waals surface area contributed by atoms with Crippen LogP contribution in [0.15, 0.2) is 24.3 Å². The second-order valence-corrected chi connectivity index (χ2v) is 7.00. The maximum absolute atomic E-state index is 6.48. The van der Waals surface area contributed by atoms with Gasteiger partial charge in [0.2, 0.25) is 0 Å². The van der Waals surface area contributed by atoms with Crippen molar-refractivity contribution < 1.29 is 4.74 Å². The highest BCUT2D eigenvalue weighted by molar-refractivity contribution is 5.39. The maximum atomic E-state index is 6.48. The molecule has 19 heavy (non-hydrogen) atoms. The van der Waals surface area contributed by atoms with Crippen LogP contribution in [-0.2, 0) is 10.2 Å². The van der Waals surface area contributed by atoms with E-state index in [-0.39, 0.29) is 17.1 Å². The van der Waals surface area contributed by atoms with Crippen LogP contribution in [0.3, 0.4) is 0 Å². The summed E-state index contributed by atoms with van der Waals surface area (Å²) in [6.45, 7) is 10.1. The van der Waals surface area contributed by atoms with E-state index in [1.807, 2.05) is 0 Å². The third-order valence-corrected chi connectivity index (χ3v) is 4.99. The number of hydrogen-bond donors (Lipinski definition) is 1. The van der Waals surface area contributed by atoms with E-state index < -0.39 is 0 Å². The second-order valence-electron chi connectivity index (χ2n) is 7.00. The maximum Gasteiger partial charge on any atom is 0.0989 e. The zero-order valence-corrected chi connectivity index (χ0v) is 12.5. The van der Waals surface area contributed by atoms with E-state index in [1.165, 1.54) is 11.1 Å². The normalized spacial score (nSPS) is 36.4. The molecule has 2 aliphatic rings. The fraction of sp³-hybridized carbons (Fsp3) is 0.647. The number of ether oxygens (including phenoxy) is 1. The van der Waals surface area contributed by atoms with Crippen LogP contribution in [0.25, 0.3) is 0 Å². The Bertz CT molecular complexity index is 482. The number of benzene rings is 1. The van der Waals surface area contributed by atoms with Gasteiger partial charge in [-0.3, -0.25) is 0 Å². The van der Waals surface area contributed by atoms with Gasteiger partial charge in [-0.05, 0) is 36.3 Å². The fourth-order valence-electron chi connectivity index (χ4n) is 3.57. The van der Waals surface area contributed by atoms with Crippen LogP contribution in [0.4, 0.5) is 0 Å². The Morgan fingerprint density at radius 1 is 1.26 bits per heavy atom. The van der Waals surface area contributed by atoms with Crippen LogP contribution in [0.5, 0.6) is 0 Å². The Kier molecular flexibility index (Phi) is 2.99. The Morgan fingerprint density at radius 3 is 2.74 bits per heavy atom. The van der Waals surface area contributed by atoms with E-state index in [4.69, 9.17) is 4.74 Å². The lowest BCUT2D eigenvalue weighted by Gasteiger charge is -2.50. The summed E-state index contributed by atoms with van der Waals surface area (Å²) in [5.41, 5.74) is 3.04. The highest BCUT2D eigenvalue weighted by Gasteiger charge is 2.45. The van der Waals surface area contributed by atoms with Gasteiger partial charge < -0.3 is 10.1 Å². The predicted molar refractivity (Wildman–Crippen MR) is 78.4 cm³/mol. The molecule has 1 aromatic carbocycles. The zero-order valence-electron chi connectivity index (χ0n) is 12.5. The molecule has 1 heterocycles. The summed E-state index contributed by atoms with van der Waals surface area (Å²) < 4.78 is 6.48. The van der Waals surface area contributed by atoms with Crippen LogP contribution in [0.2, 0.25) is 0 Å². The van der Waals surface area contributed by atoms with E-state index in [9.17, 15) is 0 Å². The van der Waals surface area contributed by atoms with Crippen LogP contribution in [0, 0.1) is 0 Å². The minimum absolute atomic E-state index is 0.0320. The van der Waals surface area contributed by atoms with Gasteiger partial charge in [-0.2, -0.15) is 0 Å². The molecule has 0 spiro atoms. The van der Waals surface area contributed by atoms with Gasteiger partial charge in [0.1, 0.15) is 0 Å². The Morgan fingerprint density at radius 2 is 2.00 bits per heavy atom. The molecule has 1 aliphatic heterocycles. The van der Waals surface area contributed by atoms with Crippen LogP contribution < -0.4 is 5.32 Å². The predicted octanol–water partition coefficient (Wildman–Crippen LogP) is 3.57. The molecule has 0 saturated carbocycles. The Balaban J connectivity index is 2.02. The van der Waals surface area contributed by atoms with E-state index in [1.54, 1.807) is 0 Å². The summed E-state index contributed by atoms with van der Waals surface area (Å²) in [6.07, 6.45) is 2.41. The first-order valence-electron chi connectivity index (χ1n) is 7.46. The number of fused-ring (bicyclic) bond motifs is 3. The summed E-state index contributed by atoms with van der Waals surface area (Å²) in [5.74, 6) is 0. The first-order chi connectivity index (χ1) is 8.95. The summed E-state index contributed by atoms with van der Waals surface area (Å²) in [4.78, 5) is 0. The molecule has 3 unspecified atom stereocenters. The van der Waals surface area contributed by atoms with E-state index >= 15 is 0 Å². The molecule has 2 heteroatoms. The van der Waals surface area contributed by atoms with Gasteiger partial charge in [-0.15, -0.1) is 0 Å². The molecule has 2 nitrogen and oxygen atoms in total. The smallest absolute Gasteiger partial charge is 0.0989 e. The van der Waals surface area contributed by atoms with Crippen molar-refractivity contribution in [2.45, 2.75) is 63.7 Å². The van der Waals surface area contributed by atoms with Crippen LogP contribution >= 0.6 is 0 Å². The van der Waals surface area contributed by atoms with Gasteiger partial charge in [-0.1, -0.05) is 45.0 Å². The number of morpholine rings is 1. The molecule has 3 atom stereocenters. The number of nitrogens with one attached hydrogen (secondary N) is 1.